The molecule has 6 nitrogen and oxygen atoms in total. The van der Waals surface area contributed by atoms with E-state index in [9.17, 15) is 9.59 Å². The van der Waals surface area contributed by atoms with E-state index in [0.717, 1.165) is 6.26 Å². The van der Waals surface area contributed by atoms with Gasteiger partial charge in [0.25, 0.3) is 5.91 Å². The van der Waals surface area contributed by atoms with Gasteiger partial charge in [0.05, 0.1) is 12.1 Å². The summed E-state index contributed by atoms with van der Waals surface area (Å²) in [5, 5.41) is 8.75. The third kappa shape index (κ3) is 3.05. The van der Waals surface area contributed by atoms with Gasteiger partial charge in [0.15, 0.2) is 10.4 Å². The van der Waals surface area contributed by atoms with Gasteiger partial charge < -0.3 is 18.8 Å². The first kappa shape index (κ1) is 13.4. The molecule has 2 heterocycles. The molecule has 0 aliphatic heterocycles. The summed E-state index contributed by atoms with van der Waals surface area (Å²) in [5.41, 5.74) is -0.0579. The van der Waals surface area contributed by atoms with Gasteiger partial charge in [0.1, 0.15) is 12.0 Å². The summed E-state index contributed by atoms with van der Waals surface area (Å²) in [6.07, 6.45) is 1.03. The van der Waals surface area contributed by atoms with Crippen LogP contribution in [0, 0.1) is 0 Å². The van der Waals surface area contributed by atoms with E-state index in [1.54, 1.807) is 19.2 Å². The van der Waals surface area contributed by atoms with E-state index >= 15 is 0 Å². The summed E-state index contributed by atoms with van der Waals surface area (Å²) in [6.45, 7) is 0.257. The van der Waals surface area contributed by atoms with Crippen molar-refractivity contribution in [2.75, 3.05) is 7.05 Å². The zero-order valence-electron chi connectivity index (χ0n) is 9.92. The Kier molecular flexibility index (Phi) is 3.75. The topological polar surface area (TPSA) is 83.9 Å². The molecule has 0 bridgehead atoms. The van der Waals surface area contributed by atoms with Crippen LogP contribution in [0.5, 0.6) is 0 Å². The third-order valence-corrected chi connectivity index (χ3v) is 2.85. The van der Waals surface area contributed by atoms with Crippen LogP contribution in [0.4, 0.5) is 0 Å². The minimum atomic E-state index is -1.14. The van der Waals surface area contributed by atoms with E-state index in [1.165, 1.54) is 11.0 Å². The van der Waals surface area contributed by atoms with Crippen LogP contribution in [0.1, 0.15) is 26.7 Å². The van der Waals surface area contributed by atoms with Crippen molar-refractivity contribution < 1.29 is 23.5 Å². The van der Waals surface area contributed by atoms with Gasteiger partial charge in [-0.1, -0.05) is 0 Å². The maximum Gasteiger partial charge on any atom is 0.338 e. The number of rotatable bonds is 4. The number of hydrogen-bond donors (Lipinski definition) is 1. The second-order valence-electron chi connectivity index (χ2n) is 3.87. The number of furan rings is 2. The second-order valence-corrected chi connectivity index (χ2v) is 4.65. The fourth-order valence-corrected chi connectivity index (χ4v) is 1.83. The molecule has 2 rings (SSSR count). The molecular formula is C12H10BrNO5. The maximum absolute atomic E-state index is 12.0. The quantitative estimate of drug-likeness (QED) is 0.933. The summed E-state index contributed by atoms with van der Waals surface area (Å²) in [5.74, 6) is -0.973. The van der Waals surface area contributed by atoms with Crippen LogP contribution in [0.25, 0.3) is 0 Å². The average molecular weight is 328 g/mol. The minimum Gasteiger partial charge on any atom is -0.478 e. The number of nitrogens with zero attached hydrogens (tertiary/aromatic N) is 1. The fourth-order valence-electron chi connectivity index (χ4n) is 1.49. The van der Waals surface area contributed by atoms with Crippen molar-refractivity contribution in [1.82, 2.24) is 4.90 Å². The number of carbonyl (C=O) groups is 2. The van der Waals surface area contributed by atoms with Crippen LogP contribution < -0.4 is 0 Å². The molecule has 2 aromatic rings. The van der Waals surface area contributed by atoms with Crippen LogP contribution >= 0.6 is 15.9 Å². The lowest BCUT2D eigenvalue weighted by molar-refractivity contribution is 0.0695. The van der Waals surface area contributed by atoms with E-state index < -0.39 is 11.9 Å². The van der Waals surface area contributed by atoms with Gasteiger partial charge >= 0.3 is 5.97 Å². The predicted molar refractivity (Wildman–Crippen MR) is 67.9 cm³/mol. The lowest BCUT2D eigenvalue weighted by Crippen LogP contribution is -2.25. The summed E-state index contributed by atoms with van der Waals surface area (Å²) < 4.78 is 10.8. The molecule has 0 aliphatic rings. The Morgan fingerprint density at radius 3 is 2.68 bits per heavy atom. The Bertz CT molecular complexity index is 615. The highest BCUT2D eigenvalue weighted by Crippen LogP contribution is 2.17. The SMILES string of the molecule is CN(Cc1ccc(Br)o1)C(=O)c1cc(C(=O)O)co1. The molecule has 0 saturated heterocycles. The smallest absolute Gasteiger partial charge is 0.338 e. The maximum atomic E-state index is 12.0. The minimum absolute atomic E-state index is 0.0227. The summed E-state index contributed by atoms with van der Waals surface area (Å²) >= 11 is 3.17. The number of hydrogen-bond acceptors (Lipinski definition) is 4. The summed E-state index contributed by atoms with van der Waals surface area (Å²) in [7, 11) is 1.57. The highest BCUT2D eigenvalue weighted by atomic mass is 79.9. The molecule has 0 saturated carbocycles. The Labute approximate surface area is 116 Å². The molecule has 1 N–H and O–H groups in total. The number of aromatic carboxylic acids is 1. The largest absolute Gasteiger partial charge is 0.478 e. The highest BCUT2D eigenvalue weighted by Gasteiger charge is 2.19. The second kappa shape index (κ2) is 5.31. The number of halogens is 1. The summed E-state index contributed by atoms with van der Waals surface area (Å²) in [6, 6.07) is 4.65. The Balaban J connectivity index is 2.07. The van der Waals surface area contributed by atoms with Gasteiger partial charge in [-0.3, -0.25) is 4.79 Å². The van der Waals surface area contributed by atoms with Crippen molar-refractivity contribution >= 4 is 27.8 Å². The monoisotopic (exact) mass is 327 g/mol. The van der Waals surface area contributed by atoms with Gasteiger partial charge in [-0.15, -0.1) is 0 Å². The van der Waals surface area contributed by atoms with Gasteiger partial charge in [-0.2, -0.15) is 0 Å². The van der Waals surface area contributed by atoms with Gasteiger partial charge in [0.2, 0.25) is 0 Å². The number of carbonyl (C=O) groups excluding carboxylic acids is 1. The van der Waals surface area contributed by atoms with E-state index in [2.05, 4.69) is 15.9 Å². The van der Waals surface area contributed by atoms with Crippen molar-refractivity contribution in [3.05, 3.63) is 46.2 Å². The molecule has 7 heteroatoms. The van der Waals surface area contributed by atoms with Crippen LogP contribution in [0.3, 0.4) is 0 Å². The van der Waals surface area contributed by atoms with Gasteiger partial charge in [0, 0.05) is 13.1 Å². The van der Waals surface area contributed by atoms with E-state index in [-0.39, 0.29) is 17.9 Å². The highest BCUT2D eigenvalue weighted by molar-refractivity contribution is 9.10. The van der Waals surface area contributed by atoms with Crippen molar-refractivity contribution in [1.29, 1.82) is 0 Å². The van der Waals surface area contributed by atoms with Gasteiger partial charge in [-0.25, -0.2) is 4.79 Å². The molecule has 1 amide bonds. The average Bonchev–Trinajstić information content (AvgIpc) is 2.97. The predicted octanol–water partition coefficient (Wildman–Crippen LogP) is 2.61. The van der Waals surface area contributed by atoms with Crippen LogP contribution in [-0.2, 0) is 6.54 Å². The Morgan fingerprint density at radius 1 is 1.42 bits per heavy atom. The fraction of sp³-hybridized carbons (Fsp3) is 0.167. The normalized spacial score (nSPS) is 10.4. The molecule has 0 unspecified atom stereocenters. The lowest BCUT2D eigenvalue weighted by atomic mass is 10.3. The van der Waals surface area contributed by atoms with Crippen molar-refractivity contribution in [3.63, 3.8) is 0 Å². The standard InChI is InChI=1S/C12H10BrNO5/c1-14(5-8-2-3-10(13)19-8)11(15)9-4-7(6-18-9)12(16)17/h2-4,6H,5H2,1H3,(H,16,17). The van der Waals surface area contributed by atoms with Crippen LogP contribution in [-0.4, -0.2) is 28.9 Å². The van der Waals surface area contributed by atoms with E-state index in [1.807, 2.05) is 0 Å². The molecule has 0 aliphatic carbocycles. The first-order valence-electron chi connectivity index (χ1n) is 5.29. The molecule has 0 fully saturated rings. The number of amides is 1. The number of carboxylic acids is 1. The molecule has 100 valence electrons. The summed E-state index contributed by atoms with van der Waals surface area (Å²) in [4.78, 5) is 24.0. The van der Waals surface area contributed by atoms with Gasteiger partial charge in [-0.05, 0) is 28.1 Å². The zero-order chi connectivity index (χ0) is 14.0. The zero-order valence-corrected chi connectivity index (χ0v) is 11.5. The van der Waals surface area contributed by atoms with Crippen LogP contribution in [0.15, 0.2) is 38.0 Å². The van der Waals surface area contributed by atoms with Crippen LogP contribution in [0.2, 0.25) is 0 Å². The first-order valence-corrected chi connectivity index (χ1v) is 6.08. The number of carboxylic acid groups (broad SMARTS) is 1. The Hall–Kier alpha value is -2.02. The molecule has 0 aromatic carbocycles. The molecular weight excluding hydrogens is 318 g/mol. The third-order valence-electron chi connectivity index (χ3n) is 2.43. The molecule has 19 heavy (non-hydrogen) atoms. The molecule has 0 atom stereocenters. The lowest BCUT2D eigenvalue weighted by Gasteiger charge is -2.13. The first-order chi connectivity index (χ1) is 8.97. The van der Waals surface area contributed by atoms with Crippen molar-refractivity contribution in [2.24, 2.45) is 0 Å². The molecule has 0 spiro atoms. The van der Waals surface area contributed by atoms with Crippen molar-refractivity contribution in [2.45, 2.75) is 6.54 Å². The van der Waals surface area contributed by atoms with E-state index in [4.69, 9.17) is 13.9 Å². The van der Waals surface area contributed by atoms with Crippen molar-refractivity contribution in [3.8, 4) is 0 Å². The molecule has 0 radical (unpaired) electrons. The van der Waals surface area contributed by atoms with E-state index in [0.29, 0.717) is 10.4 Å². The molecule has 2 aromatic heterocycles. The Morgan fingerprint density at radius 2 is 2.16 bits per heavy atom.